The summed E-state index contributed by atoms with van der Waals surface area (Å²) in [6, 6.07) is 19.2. The first kappa shape index (κ1) is 24.6. The summed E-state index contributed by atoms with van der Waals surface area (Å²) in [4.78, 5) is 22.1. The van der Waals surface area contributed by atoms with Crippen molar-refractivity contribution in [3.8, 4) is 0 Å². The number of anilines is 2. The second-order valence-electron chi connectivity index (χ2n) is 9.47. The van der Waals surface area contributed by atoms with Crippen molar-refractivity contribution in [3.05, 3.63) is 84.7 Å². The van der Waals surface area contributed by atoms with Crippen LogP contribution in [0.15, 0.2) is 84.0 Å². The van der Waals surface area contributed by atoms with Gasteiger partial charge in [0, 0.05) is 36.6 Å². The molecule has 0 aliphatic carbocycles. The number of carbonyl (C=O) groups excluding carboxylic acids is 1. The molecule has 2 aromatic carbocycles. The maximum atomic E-state index is 14.2. The molecular formula is C27H29N5O4S. The zero-order valence-electron chi connectivity index (χ0n) is 20.5. The Hall–Kier alpha value is -4.05. The lowest BCUT2D eigenvalue weighted by atomic mass is 9.90. The number of sulfonamides is 1. The van der Waals surface area contributed by atoms with Gasteiger partial charge in [0.05, 0.1) is 16.1 Å². The van der Waals surface area contributed by atoms with E-state index < -0.39 is 21.7 Å². The summed E-state index contributed by atoms with van der Waals surface area (Å²) >= 11 is 0. The number of ether oxygens (including phenoxy) is 1. The van der Waals surface area contributed by atoms with E-state index in [1.165, 1.54) is 16.4 Å². The van der Waals surface area contributed by atoms with Crippen molar-refractivity contribution < 1.29 is 17.9 Å². The van der Waals surface area contributed by atoms with Crippen LogP contribution in [-0.2, 0) is 21.4 Å². The molecule has 1 aliphatic heterocycles. The Balaban J connectivity index is 1.52. The summed E-state index contributed by atoms with van der Waals surface area (Å²) in [6.45, 7) is 2.65. The van der Waals surface area contributed by atoms with Crippen LogP contribution in [0.3, 0.4) is 0 Å². The summed E-state index contributed by atoms with van der Waals surface area (Å²) in [5.41, 5.74) is 7.28. The van der Waals surface area contributed by atoms with E-state index in [0.717, 1.165) is 5.56 Å². The minimum Gasteiger partial charge on any atom is -0.445 e. The van der Waals surface area contributed by atoms with Crippen LogP contribution in [-0.4, -0.2) is 48.0 Å². The topological polar surface area (TPSA) is 122 Å². The summed E-state index contributed by atoms with van der Waals surface area (Å²) in [5, 5.41) is 0.667. The minimum atomic E-state index is -4.08. The number of amides is 1. The molecular weight excluding hydrogens is 490 g/mol. The number of nitrogen functional groups attached to an aromatic ring is 1. The van der Waals surface area contributed by atoms with Gasteiger partial charge < -0.3 is 20.4 Å². The molecule has 192 valence electrons. The van der Waals surface area contributed by atoms with E-state index >= 15 is 0 Å². The Labute approximate surface area is 215 Å². The number of carbonyl (C=O) groups is 1. The molecule has 1 atom stereocenters. The SMILES string of the molecule is CC1(N(c2ccnc3[nH]ccc23)S(=O)(=O)c2cccc(N)c2)CCCN(C(=O)OCc2ccccc2)C1. The average Bonchev–Trinajstić information content (AvgIpc) is 3.38. The molecule has 1 saturated heterocycles. The monoisotopic (exact) mass is 519 g/mol. The number of nitrogens with zero attached hydrogens (tertiary/aromatic N) is 3. The molecule has 0 saturated carbocycles. The van der Waals surface area contributed by atoms with Crippen LogP contribution in [0.1, 0.15) is 25.3 Å². The fourth-order valence-electron chi connectivity index (χ4n) is 4.97. The van der Waals surface area contributed by atoms with Crippen molar-refractivity contribution in [2.75, 3.05) is 23.1 Å². The summed E-state index contributed by atoms with van der Waals surface area (Å²) in [5.74, 6) is 0. The maximum Gasteiger partial charge on any atom is 0.410 e. The first-order chi connectivity index (χ1) is 17.8. The molecule has 3 heterocycles. The lowest BCUT2D eigenvalue weighted by molar-refractivity contribution is 0.0766. The van der Waals surface area contributed by atoms with Gasteiger partial charge in [-0.05, 0) is 55.7 Å². The fraction of sp³-hybridized carbons (Fsp3) is 0.259. The number of hydrogen-bond acceptors (Lipinski definition) is 6. The van der Waals surface area contributed by atoms with Crippen molar-refractivity contribution in [1.29, 1.82) is 0 Å². The average molecular weight is 520 g/mol. The van der Waals surface area contributed by atoms with Crippen molar-refractivity contribution in [2.24, 2.45) is 0 Å². The van der Waals surface area contributed by atoms with Gasteiger partial charge >= 0.3 is 6.09 Å². The van der Waals surface area contributed by atoms with Crippen molar-refractivity contribution >= 4 is 38.5 Å². The number of hydrogen-bond donors (Lipinski definition) is 2. The number of H-pyrrole nitrogens is 1. The molecule has 0 bridgehead atoms. The number of pyridine rings is 1. The molecule has 1 unspecified atom stereocenters. The third-order valence-electron chi connectivity index (χ3n) is 6.68. The lowest BCUT2D eigenvalue weighted by Gasteiger charge is -2.47. The van der Waals surface area contributed by atoms with E-state index in [4.69, 9.17) is 10.5 Å². The second-order valence-corrected chi connectivity index (χ2v) is 11.3. The highest BCUT2D eigenvalue weighted by Crippen LogP contribution is 2.40. The van der Waals surface area contributed by atoms with Crippen LogP contribution in [0.4, 0.5) is 16.2 Å². The van der Waals surface area contributed by atoms with E-state index in [1.807, 2.05) is 37.3 Å². The van der Waals surface area contributed by atoms with Gasteiger partial charge in [0.1, 0.15) is 12.3 Å². The molecule has 0 radical (unpaired) electrons. The van der Waals surface area contributed by atoms with Gasteiger partial charge in [-0.25, -0.2) is 18.2 Å². The summed E-state index contributed by atoms with van der Waals surface area (Å²) in [7, 11) is -4.08. The molecule has 9 nitrogen and oxygen atoms in total. The van der Waals surface area contributed by atoms with Gasteiger partial charge in [-0.15, -0.1) is 0 Å². The highest BCUT2D eigenvalue weighted by atomic mass is 32.2. The molecule has 37 heavy (non-hydrogen) atoms. The number of aromatic nitrogens is 2. The predicted molar refractivity (Wildman–Crippen MR) is 142 cm³/mol. The van der Waals surface area contributed by atoms with Gasteiger partial charge in [0.2, 0.25) is 0 Å². The molecule has 1 amide bonds. The number of nitrogens with one attached hydrogen (secondary N) is 1. The number of rotatable bonds is 6. The molecule has 1 fully saturated rings. The Morgan fingerprint density at radius 3 is 2.76 bits per heavy atom. The van der Waals surface area contributed by atoms with Gasteiger partial charge in [0.15, 0.2) is 0 Å². The van der Waals surface area contributed by atoms with E-state index in [1.54, 1.807) is 41.6 Å². The van der Waals surface area contributed by atoms with E-state index in [-0.39, 0.29) is 18.0 Å². The predicted octanol–water partition coefficient (Wildman–Crippen LogP) is 4.53. The Morgan fingerprint density at radius 2 is 1.97 bits per heavy atom. The van der Waals surface area contributed by atoms with Crippen molar-refractivity contribution in [1.82, 2.24) is 14.9 Å². The first-order valence-electron chi connectivity index (χ1n) is 12.1. The number of aromatic amines is 1. The van der Waals surface area contributed by atoms with Crippen LogP contribution in [0, 0.1) is 0 Å². The van der Waals surface area contributed by atoms with Gasteiger partial charge in [-0.1, -0.05) is 36.4 Å². The Kier molecular flexibility index (Phi) is 6.51. The van der Waals surface area contributed by atoms with Crippen LogP contribution in [0.25, 0.3) is 11.0 Å². The molecule has 1 aliphatic rings. The number of likely N-dealkylation sites (tertiary alicyclic amines) is 1. The van der Waals surface area contributed by atoms with Gasteiger partial charge in [0.25, 0.3) is 10.0 Å². The Bertz CT molecular complexity index is 1520. The zero-order valence-corrected chi connectivity index (χ0v) is 21.3. The van der Waals surface area contributed by atoms with Gasteiger partial charge in [-0.3, -0.25) is 4.31 Å². The smallest absolute Gasteiger partial charge is 0.410 e. The Morgan fingerprint density at radius 1 is 1.16 bits per heavy atom. The molecule has 5 rings (SSSR count). The standard InChI is InChI=1S/C27H29N5O4S/c1-27(13-6-16-31(19-27)26(33)36-18-20-7-3-2-4-8-20)32(24-12-15-30-25-23(24)11-14-29-25)37(34,35)22-10-5-9-21(28)17-22/h2-5,7-12,14-15,17H,6,13,16,18-19,28H2,1H3,(H,29,30). The largest absolute Gasteiger partial charge is 0.445 e. The molecule has 0 spiro atoms. The third kappa shape index (κ3) is 4.84. The van der Waals surface area contributed by atoms with Crippen molar-refractivity contribution in [3.63, 3.8) is 0 Å². The van der Waals surface area contributed by atoms with Crippen LogP contribution >= 0.6 is 0 Å². The molecule has 4 aromatic rings. The van der Waals surface area contributed by atoms with Crippen LogP contribution in [0.2, 0.25) is 0 Å². The lowest BCUT2D eigenvalue weighted by Crippen LogP contribution is -2.60. The highest BCUT2D eigenvalue weighted by molar-refractivity contribution is 7.93. The maximum absolute atomic E-state index is 14.2. The highest BCUT2D eigenvalue weighted by Gasteiger charge is 2.45. The second kappa shape index (κ2) is 9.78. The molecule has 2 aromatic heterocycles. The van der Waals surface area contributed by atoms with E-state index in [2.05, 4.69) is 9.97 Å². The summed E-state index contributed by atoms with van der Waals surface area (Å²) < 4.78 is 35.5. The third-order valence-corrected chi connectivity index (χ3v) is 8.65. The first-order valence-corrected chi connectivity index (χ1v) is 13.5. The van der Waals surface area contributed by atoms with Gasteiger partial charge in [-0.2, -0.15) is 0 Å². The zero-order chi connectivity index (χ0) is 26.0. The molecule has 10 heteroatoms. The minimum absolute atomic E-state index is 0.0815. The van der Waals surface area contributed by atoms with Crippen LogP contribution < -0.4 is 10.0 Å². The molecule has 3 N–H and O–H groups in total. The van der Waals surface area contributed by atoms with Crippen LogP contribution in [0.5, 0.6) is 0 Å². The fourth-order valence-corrected chi connectivity index (χ4v) is 6.86. The van der Waals surface area contributed by atoms with E-state index in [9.17, 15) is 13.2 Å². The number of piperidine rings is 1. The number of fused-ring (bicyclic) bond motifs is 1. The summed E-state index contributed by atoms with van der Waals surface area (Å²) in [6.07, 6.45) is 3.99. The van der Waals surface area contributed by atoms with Crippen molar-refractivity contribution in [2.45, 2.75) is 36.8 Å². The normalized spacial score (nSPS) is 18.0. The quantitative estimate of drug-likeness (QED) is 0.361. The number of benzene rings is 2. The van der Waals surface area contributed by atoms with E-state index in [0.29, 0.717) is 41.8 Å². The number of nitrogens with two attached hydrogens (primary N) is 1.